The van der Waals surface area contributed by atoms with E-state index in [9.17, 15) is 0 Å². The molecule has 0 radical (unpaired) electrons. The van der Waals surface area contributed by atoms with Gasteiger partial charge in [-0.2, -0.15) is 0 Å². The summed E-state index contributed by atoms with van der Waals surface area (Å²) in [4.78, 5) is 4.70. The Morgan fingerprint density at radius 1 is 1.10 bits per heavy atom. The van der Waals surface area contributed by atoms with Gasteiger partial charge in [-0.15, -0.1) is 0 Å². The molecule has 1 heterocycles. The average Bonchev–Trinajstić information content (AvgIpc) is 2.79. The van der Waals surface area contributed by atoms with E-state index in [1.54, 1.807) is 0 Å². The number of hydrogen-bond acceptors (Lipinski definition) is 2. The average molecular weight is 300 g/mol. The fraction of sp³-hybridized carbons (Fsp3) is 0.235. The minimum absolute atomic E-state index is 0.549. The van der Waals surface area contributed by atoms with E-state index in [1.165, 1.54) is 0 Å². The molecular formula is C17H18ClN3. The van der Waals surface area contributed by atoms with Crippen LogP contribution in [-0.4, -0.2) is 9.55 Å². The van der Waals surface area contributed by atoms with Crippen LogP contribution in [0.4, 0.5) is 11.6 Å². The van der Waals surface area contributed by atoms with E-state index in [4.69, 9.17) is 16.6 Å². The standard InChI is InChI=1S/C17H18ClN3/c1-12(2)11-21-16-6-4-3-5-15(16)20-17(21)19-14-9-7-13(18)8-10-14/h3-10,12H,11H2,1-2H3,(H,19,20). The lowest BCUT2D eigenvalue weighted by Gasteiger charge is -2.13. The summed E-state index contributed by atoms with van der Waals surface area (Å²) in [5, 5.41) is 4.12. The molecule has 0 bridgehead atoms. The second-order valence-electron chi connectivity index (χ2n) is 5.56. The topological polar surface area (TPSA) is 29.9 Å². The van der Waals surface area contributed by atoms with Crippen molar-refractivity contribution in [1.82, 2.24) is 9.55 Å². The lowest BCUT2D eigenvalue weighted by Crippen LogP contribution is -2.08. The molecule has 4 heteroatoms. The zero-order valence-electron chi connectivity index (χ0n) is 12.2. The van der Waals surface area contributed by atoms with Gasteiger partial charge in [0.2, 0.25) is 5.95 Å². The number of nitrogens with one attached hydrogen (secondary N) is 1. The summed E-state index contributed by atoms with van der Waals surface area (Å²) in [6.07, 6.45) is 0. The molecule has 0 amide bonds. The summed E-state index contributed by atoms with van der Waals surface area (Å²) in [5.74, 6) is 1.42. The SMILES string of the molecule is CC(C)Cn1c(Nc2ccc(Cl)cc2)nc2ccccc21. The molecule has 0 saturated carbocycles. The van der Waals surface area contributed by atoms with Gasteiger partial charge in [-0.1, -0.05) is 37.6 Å². The molecule has 0 unspecified atom stereocenters. The molecule has 108 valence electrons. The van der Waals surface area contributed by atoms with Crippen molar-refractivity contribution >= 4 is 34.3 Å². The first-order valence-electron chi connectivity index (χ1n) is 7.11. The van der Waals surface area contributed by atoms with Gasteiger partial charge < -0.3 is 9.88 Å². The molecule has 3 aromatic rings. The first kappa shape index (κ1) is 14.0. The maximum atomic E-state index is 5.93. The number of fused-ring (bicyclic) bond motifs is 1. The molecule has 1 N–H and O–H groups in total. The number of anilines is 2. The smallest absolute Gasteiger partial charge is 0.208 e. The summed E-state index contributed by atoms with van der Waals surface area (Å²) < 4.78 is 2.23. The second kappa shape index (κ2) is 5.78. The Labute approximate surface area is 129 Å². The van der Waals surface area contributed by atoms with Crippen LogP contribution < -0.4 is 5.32 Å². The quantitative estimate of drug-likeness (QED) is 0.727. The van der Waals surface area contributed by atoms with Crippen LogP contribution in [0.15, 0.2) is 48.5 Å². The summed E-state index contributed by atoms with van der Waals surface area (Å²) in [5.41, 5.74) is 3.15. The zero-order valence-corrected chi connectivity index (χ0v) is 12.9. The third-order valence-corrected chi connectivity index (χ3v) is 3.55. The predicted molar refractivity (Wildman–Crippen MR) is 89.3 cm³/mol. The minimum atomic E-state index is 0.549. The van der Waals surface area contributed by atoms with Crippen LogP contribution in [0.1, 0.15) is 13.8 Å². The summed E-state index contributed by atoms with van der Waals surface area (Å²) in [7, 11) is 0. The van der Waals surface area contributed by atoms with Crippen molar-refractivity contribution in [2.24, 2.45) is 5.92 Å². The van der Waals surface area contributed by atoms with E-state index in [-0.39, 0.29) is 0 Å². The van der Waals surface area contributed by atoms with E-state index in [0.29, 0.717) is 5.92 Å². The van der Waals surface area contributed by atoms with Crippen LogP contribution in [0.2, 0.25) is 5.02 Å². The van der Waals surface area contributed by atoms with Crippen LogP contribution in [0, 0.1) is 5.92 Å². The fourth-order valence-corrected chi connectivity index (χ4v) is 2.51. The van der Waals surface area contributed by atoms with Gasteiger partial charge in [0.25, 0.3) is 0 Å². The number of para-hydroxylation sites is 2. The Balaban J connectivity index is 2.02. The highest BCUT2D eigenvalue weighted by molar-refractivity contribution is 6.30. The Bertz CT molecular complexity index is 744. The maximum Gasteiger partial charge on any atom is 0.208 e. The molecule has 3 rings (SSSR count). The third-order valence-electron chi connectivity index (χ3n) is 3.30. The molecule has 0 atom stereocenters. The highest BCUT2D eigenvalue weighted by Gasteiger charge is 2.11. The predicted octanol–water partition coefficient (Wildman–Crippen LogP) is 5.09. The molecule has 21 heavy (non-hydrogen) atoms. The Hall–Kier alpha value is -2.00. The first-order chi connectivity index (χ1) is 10.1. The summed E-state index contributed by atoms with van der Waals surface area (Å²) in [6, 6.07) is 15.9. The van der Waals surface area contributed by atoms with Crippen LogP contribution in [-0.2, 0) is 6.54 Å². The van der Waals surface area contributed by atoms with Gasteiger partial charge in [-0.05, 0) is 42.3 Å². The van der Waals surface area contributed by atoms with Gasteiger partial charge in [0, 0.05) is 17.3 Å². The molecule has 1 aromatic heterocycles. The van der Waals surface area contributed by atoms with Crippen molar-refractivity contribution in [3.05, 3.63) is 53.6 Å². The third kappa shape index (κ3) is 3.03. The highest BCUT2D eigenvalue weighted by Crippen LogP contribution is 2.24. The maximum absolute atomic E-state index is 5.93. The molecule has 0 fully saturated rings. The second-order valence-corrected chi connectivity index (χ2v) is 6.00. The number of nitrogens with zero attached hydrogens (tertiary/aromatic N) is 2. The van der Waals surface area contributed by atoms with Crippen molar-refractivity contribution < 1.29 is 0 Å². The summed E-state index contributed by atoms with van der Waals surface area (Å²) in [6.45, 7) is 5.35. The number of rotatable bonds is 4. The van der Waals surface area contributed by atoms with E-state index >= 15 is 0 Å². The number of benzene rings is 2. The van der Waals surface area contributed by atoms with Crippen LogP contribution in [0.5, 0.6) is 0 Å². The van der Waals surface area contributed by atoms with Crippen LogP contribution in [0.3, 0.4) is 0 Å². The Kier molecular flexibility index (Phi) is 3.84. The van der Waals surface area contributed by atoms with Gasteiger partial charge in [-0.25, -0.2) is 4.98 Å². The first-order valence-corrected chi connectivity index (χ1v) is 7.49. The molecule has 0 aliphatic rings. The molecular weight excluding hydrogens is 282 g/mol. The number of halogens is 1. The van der Waals surface area contributed by atoms with Gasteiger partial charge in [0.1, 0.15) is 0 Å². The van der Waals surface area contributed by atoms with E-state index in [0.717, 1.165) is 34.2 Å². The summed E-state index contributed by atoms with van der Waals surface area (Å²) >= 11 is 5.93. The van der Waals surface area contributed by atoms with Crippen molar-refractivity contribution in [2.45, 2.75) is 20.4 Å². The fourth-order valence-electron chi connectivity index (χ4n) is 2.38. The van der Waals surface area contributed by atoms with E-state index in [2.05, 4.69) is 29.8 Å². The van der Waals surface area contributed by atoms with E-state index < -0.39 is 0 Å². The van der Waals surface area contributed by atoms with Crippen molar-refractivity contribution in [3.8, 4) is 0 Å². The van der Waals surface area contributed by atoms with Gasteiger partial charge in [0.15, 0.2) is 0 Å². The van der Waals surface area contributed by atoms with Crippen molar-refractivity contribution in [1.29, 1.82) is 0 Å². The largest absolute Gasteiger partial charge is 0.326 e. The minimum Gasteiger partial charge on any atom is -0.326 e. The molecule has 3 nitrogen and oxygen atoms in total. The Morgan fingerprint density at radius 2 is 1.81 bits per heavy atom. The number of aromatic nitrogens is 2. The number of hydrogen-bond donors (Lipinski definition) is 1. The lowest BCUT2D eigenvalue weighted by atomic mass is 10.2. The van der Waals surface area contributed by atoms with Gasteiger partial charge >= 0.3 is 0 Å². The van der Waals surface area contributed by atoms with Crippen LogP contribution in [0.25, 0.3) is 11.0 Å². The lowest BCUT2D eigenvalue weighted by molar-refractivity contribution is 0.537. The monoisotopic (exact) mass is 299 g/mol. The van der Waals surface area contributed by atoms with E-state index in [1.807, 2.05) is 42.5 Å². The van der Waals surface area contributed by atoms with Crippen molar-refractivity contribution in [2.75, 3.05) is 5.32 Å². The number of imidazole rings is 1. The molecule has 0 saturated heterocycles. The molecule has 0 aliphatic carbocycles. The van der Waals surface area contributed by atoms with Crippen molar-refractivity contribution in [3.63, 3.8) is 0 Å². The normalized spacial score (nSPS) is 11.2. The van der Waals surface area contributed by atoms with Gasteiger partial charge in [0.05, 0.1) is 11.0 Å². The van der Waals surface area contributed by atoms with Gasteiger partial charge in [-0.3, -0.25) is 0 Å². The molecule has 2 aromatic carbocycles. The molecule has 0 spiro atoms. The Morgan fingerprint density at radius 3 is 2.52 bits per heavy atom. The van der Waals surface area contributed by atoms with Crippen LogP contribution >= 0.6 is 11.6 Å². The molecule has 0 aliphatic heterocycles. The zero-order chi connectivity index (χ0) is 14.8. The highest BCUT2D eigenvalue weighted by atomic mass is 35.5.